The third kappa shape index (κ3) is 3.87. The Hall–Kier alpha value is -3.07. The Morgan fingerprint density at radius 3 is 2.96 bits per heavy atom. The molecule has 0 radical (unpaired) electrons. The summed E-state index contributed by atoms with van der Waals surface area (Å²) in [5.41, 5.74) is 2.13. The molecule has 0 unspecified atom stereocenters. The van der Waals surface area contributed by atoms with Crippen molar-refractivity contribution in [3.05, 3.63) is 53.0 Å². The summed E-state index contributed by atoms with van der Waals surface area (Å²) in [6.07, 6.45) is 3.08. The number of hydrogen-bond acceptors (Lipinski definition) is 6. The van der Waals surface area contributed by atoms with Crippen molar-refractivity contribution in [3.63, 3.8) is 0 Å². The van der Waals surface area contributed by atoms with Gasteiger partial charge >= 0.3 is 0 Å². The number of carbonyl (C=O) groups is 2. The van der Waals surface area contributed by atoms with Gasteiger partial charge in [0.05, 0.1) is 17.2 Å². The van der Waals surface area contributed by atoms with Crippen molar-refractivity contribution in [1.29, 1.82) is 0 Å². The molecule has 4 rings (SSSR count). The molecule has 9 heteroatoms. The summed E-state index contributed by atoms with van der Waals surface area (Å²) in [5.74, 6) is -0.306. The third-order valence-corrected chi connectivity index (χ3v) is 5.26. The first-order valence-electron chi connectivity index (χ1n) is 8.66. The largest absolute Gasteiger partial charge is 0.338 e. The van der Waals surface area contributed by atoms with Crippen molar-refractivity contribution in [3.8, 4) is 5.69 Å². The molecular weight excluding hydrogens is 364 g/mol. The Kier molecular flexibility index (Phi) is 4.93. The van der Waals surface area contributed by atoms with Crippen LogP contribution in [0.5, 0.6) is 0 Å². The van der Waals surface area contributed by atoms with Crippen LogP contribution in [-0.4, -0.2) is 50.0 Å². The van der Waals surface area contributed by atoms with Gasteiger partial charge in [0.15, 0.2) is 0 Å². The topological polar surface area (TPSA) is 93.0 Å². The lowest BCUT2D eigenvalue weighted by Gasteiger charge is -2.32. The van der Waals surface area contributed by atoms with E-state index in [4.69, 9.17) is 0 Å². The summed E-state index contributed by atoms with van der Waals surface area (Å²) in [6.45, 7) is 1.13. The number of nitrogens with zero attached hydrogens (tertiary/aromatic N) is 5. The molecule has 1 aromatic carbocycles. The van der Waals surface area contributed by atoms with E-state index in [9.17, 15) is 9.59 Å². The average Bonchev–Trinajstić information content (AvgIpc) is 3.42. The fourth-order valence-corrected chi connectivity index (χ4v) is 3.82. The molecule has 2 aromatic heterocycles. The summed E-state index contributed by atoms with van der Waals surface area (Å²) in [6, 6.07) is 9.14. The molecule has 0 saturated carbocycles. The Morgan fingerprint density at radius 1 is 1.26 bits per heavy atom. The summed E-state index contributed by atoms with van der Waals surface area (Å²) in [5, 5.41) is 17.8. The van der Waals surface area contributed by atoms with Crippen molar-refractivity contribution >= 4 is 28.8 Å². The number of carbonyl (C=O) groups excluding carboxylic acids is 2. The maximum Gasteiger partial charge on any atom is 0.254 e. The lowest BCUT2D eigenvalue weighted by atomic mass is 9.96. The highest BCUT2D eigenvalue weighted by atomic mass is 32.1. The summed E-state index contributed by atoms with van der Waals surface area (Å²) in [7, 11) is 0. The van der Waals surface area contributed by atoms with E-state index >= 15 is 0 Å². The smallest absolute Gasteiger partial charge is 0.254 e. The molecule has 8 nitrogen and oxygen atoms in total. The van der Waals surface area contributed by atoms with Gasteiger partial charge in [-0.25, -0.2) is 4.68 Å². The summed E-state index contributed by atoms with van der Waals surface area (Å²) in [4.78, 5) is 27.0. The van der Waals surface area contributed by atoms with E-state index in [1.807, 2.05) is 41.1 Å². The molecule has 0 bridgehead atoms. The number of likely N-dealkylation sites (tertiary alicyclic amines) is 1. The van der Waals surface area contributed by atoms with Crippen LogP contribution >= 0.6 is 11.3 Å². The monoisotopic (exact) mass is 382 g/mol. The number of piperidine rings is 1. The van der Waals surface area contributed by atoms with Gasteiger partial charge in [0.1, 0.15) is 6.33 Å². The molecule has 2 amide bonds. The first-order chi connectivity index (χ1) is 13.2. The Bertz CT molecular complexity index is 925. The van der Waals surface area contributed by atoms with Crippen LogP contribution in [-0.2, 0) is 4.79 Å². The molecule has 1 fully saturated rings. The number of anilines is 1. The quantitative estimate of drug-likeness (QED) is 0.747. The van der Waals surface area contributed by atoms with Crippen molar-refractivity contribution in [2.75, 3.05) is 18.4 Å². The van der Waals surface area contributed by atoms with E-state index in [0.717, 1.165) is 18.5 Å². The zero-order valence-electron chi connectivity index (χ0n) is 14.5. The molecule has 0 aliphatic carbocycles. The van der Waals surface area contributed by atoms with Crippen molar-refractivity contribution in [1.82, 2.24) is 25.1 Å². The van der Waals surface area contributed by atoms with E-state index in [1.54, 1.807) is 4.90 Å². The van der Waals surface area contributed by atoms with Gasteiger partial charge in [0, 0.05) is 24.2 Å². The van der Waals surface area contributed by atoms with Crippen LogP contribution in [0, 0.1) is 5.92 Å². The molecule has 27 heavy (non-hydrogen) atoms. The van der Waals surface area contributed by atoms with Crippen LogP contribution in [0.2, 0.25) is 0 Å². The molecule has 1 atom stereocenters. The molecule has 1 aliphatic heterocycles. The zero-order chi connectivity index (χ0) is 18.6. The maximum atomic E-state index is 12.7. The molecule has 1 aliphatic rings. The molecule has 3 heterocycles. The number of rotatable bonds is 4. The Labute approximate surface area is 159 Å². The Morgan fingerprint density at radius 2 is 2.19 bits per heavy atom. The van der Waals surface area contributed by atoms with Gasteiger partial charge in [-0.1, -0.05) is 6.07 Å². The van der Waals surface area contributed by atoms with Gasteiger partial charge in [-0.2, -0.15) is 11.3 Å². The highest BCUT2D eigenvalue weighted by Gasteiger charge is 2.29. The van der Waals surface area contributed by atoms with E-state index in [0.29, 0.717) is 24.3 Å². The minimum absolute atomic E-state index is 0.00516. The number of nitrogens with one attached hydrogen (secondary N) is 1. The lowest BCUT2D eigenvalue weighted by Crippen LogP contribution is -2.43. The van der Waals surface area contributed by atoms with Gasteiger partial charge < -0.3 is 10.2 Å². The summed E-state index contributed by atoms with van der Waals surface area (Å²) < 4.78 is 1.53. The zero-order valence-corrected chi connectivity index (χ0v) is 15.3. The number of amides is 2. The number of tetrazole rings is 1. The van der Waals surface area contributed by atoms with Crippen LogP contribution in [0.15, 0.2) is 47.4 Å². The first kappa shape index (κ1) is 17.3. The van der Waals surface area contributed by atoms with Crippen LogP contribution in [0.25, 0.3) is 5.69 Å². The second-order valence-electron chi connectivity index (χ2n) is 6.40. The lowest BCUT2D eigenvalue weighted by molar-refractivity contribution is -0.121. The van der Waals surface area contributed by atoms with Gasteiger partial charge in [-0.15, -0.1) is 5.10 Å². The summed E-state index contributed by atoms with van der Waals surface area (Å²) >= 11 is 1.50. The molecular formula is C18H18N6O2S. The fourth-order valence-electron chi connectivity index (χ4n) is 3.19. The fraction of sp³-hybridized carbons (Fsp3) is 0.278. The number of thiophene rings is 1. The van der Waals surface area contributed by atoms with Crippen molar-refractivity contribution in [2.45, 2.75) is 12.8 Å². The number of aromatic nitrogens is 4. The second kappa shape index (κ2) is 7.67. The van der Waals surface area contributed by atoms with E-state index in [-0.39, 0.29) is 17.7 Å². The molecule has 1 saturated heterocycles. The van der Waals surface area contributed by atoms with Crippen LogP contribution in [0.4, 0.5) is 5.69 Å². The third-order valence-electron chi connectivity index (χ3n) is 4.57. The Balaban J connectivity index is 1.42. The van der Waals surface area contributed by atoms with E-state index < -0.39 is 0 Å². The molecule has 3 aromatic rings. The van der Waals surface area contributed by atoms with Crippen molar-refractivity contribution < 1.29 is 9.59 Å². The predicted molar refractivity (Wildman–Crippen MR) is 101 cm³/mol. The van der Waals surface area contributed by atoms with Crippen LogP contribution < -0.4 is 5.32 Å². The maximum absolute atomic E-state index is 12.7. The highest BCUT2D eigenvalue weighted by Crippen LogP contribution is 2.22. The number of benzene rings is 1. The van der Waals surface area contributed by atoms with Crippen LogP contribution in [0.1, 0.15) is 23.2 Å². The number of hydrogen-bond donors (Lipinski definition) is 1. The van der Waals surface area contributed by atoms with Gasteiger partial charge in [-0.05, 0) is 52.9 Å². The predicted octanol–water partition coefficient (Wildman–Crippen LogP) is 2.21. The van der Waals surface area contributed by atoms with E-state index in [1.165, 1.54) is 22.3 Å². The highest BCUT2D eigenvalue weighted by molar-refractivity contribution is 7.08. The normalized spacial score (nSPS) is 16.9. The standard InChI is InChI=1S/C18H18N6O2S/c25-17(20-15-4-1-5-16(9-15)24-12-19-21-22-24)13-3-2-7-23(10-13)18(26)14-6-8-27-11-14/h1,4-6,8-9,11-13H,2-3,7,10H2,(H,20,25)/t13-/m1/s1. The molecule has 0 spiro atoms. The first-order valence-corrected chi connectivity index (χ1v) is 9.61. The van der Waals surface area contributed by atoms with Crippen molar-refractivity contribution in [2.24, 2.45) is 5.92 Å². The molecule has 138 valence electrons. The minimum Gasteiger partial charge on any atom is -0.338 e. The van der Waals surface area contributed by atoms with Gasteiger partial charge in [0.25, 0.3) is 5.91 Å². The van der Waals surface area contributed by atoms with Gasteiger partial charge in [-0.3, -0.25) is 9.59 Å². The minimum atomic E-state index is -0.224. The SMILES string of the molecule is O=C(Nc1cccc(-n2cnnn2)c1)[C@@H]1CCCN(C(=O)c2ccsc2)C1. The van der Waals surface area contributed by atoms with E-state index in [2.05, 4.69) is 20.8 Å². The average molecular weight is 382 g/mol. The van der Waals surface area contributed by atoms with Crippen LogP contribution in [0.3, 0.4) is 0 Å². The second-order valence-corrected chi connectivity index (χ2v) is 7.18. The molecule has 1 N–H and O–H groups in total. The van der Waals surface area contributed by atoms with Gasteiger partial charge in [0.2, 0.25) is 5.91 Å².